The molecule has 3 rings (SSSR count). The van der Waals surface area contributed by atoms with Gasteiger partial charge in [-0.05, 0) is 36.4 Å². The van der Waals surface area contributed by atoms with Crippen molar-refractivity contribution in [3.63, 3.8) is 0 Å². The number of hydrogen-bond donors (Lipinski definition) is 2. The molecule has 110 valence electrons. The van der Waals surface area contributed by atoms with Gasteiger partial charge in [-0.2, -0.15) is 5.10 Å². The third-order valence-electron chi connectivity index (χ3n) is 3.01. The van der Waals surface area contributed by atoms with Gasteiger partial charge in [0, 0.05) is 28.9 Å². The molecule has 0 fully saturated rings. The lowest BCUT2D eigenvalue weighted by Crippen LogP contribution is -1.95. The smallest absolute Gasteiger partial charge is 0.335 e. The molecule has 22 heavy (non-hydrogen) atoms. The van der Waals surface area contributed by atoms with Crippen LogP contribution in [-0.2, 0) is 6.42 Å². The summed E-state index contributed by atoms with van der Waals surface area (Å²) in [5.41, 5.74) is 2.21. The molecule has 0 aliphatic rings. The van der Waals surface area contributed by atoms with E-state index in [0.29, 0.717) is 6.42 Å². The molecule has 2 N–H and O–H groups in total. The van der Waals surface area contributed by atoms with Crippen LogP contribution in [0.15, 0.2) is 64.6 Å². The number of benzene rings is 1. The number of carbonyl (C=O) groups is 1. The lowest BCUT2D eigenvalue weighted by Gasteiger charge is -1.99. The zero-order chi connectivity index (χ0) is 15.4. The van der Waals surface area contributed by atoms with Gasteiger partial charge in [0.2, 0.25) is 0 Å². The Morgan fingerprint density at radius 2 is 2.09 bits per heavy atom. The summed E-state index contributed by atoms with van der Waals surface area (Å²) in [4.78, 5) is 16.1. The second-order valence-electron chi connectivity index (χ2n) is 4.66. The molecule has 0 amide bonds. The van der Waals surface area contributed by atoms with Gasteiger partial charge >= 0.3 is 5.97 Å². The van der Waals surface area contributed by atoms with E-state index in [-0.39, 0.29) is 5.56 Å². The number of aromatic carboxylic acids is 1. The zero-order valence-corrected chi connectivity index (χ0v) is 12.4. The molecule has 5 nitrogen and oxygen atoms in total. The van der Waals surface area contributed by atoms with Crippen LogP contribution in [0.5, 0.6) is 0 Å². The minimum Gasteiger partial charge on any atom is -0.478 e. The van der Waals surface area contributed by atoms with Crippen molar-refractivity contribution in [1.29, 1.82) is 0 Å². The van der Waals surface area contributed by atoms with Crippen molar-refractivity contribution in [3.8, 4) is 0 Å². The average Bonchev–Trinajstić information content (AvgIpc) is 2.95. The number of aromatic nitrogens is 3. The highest BCUT2D eigenvalue weighted by molar-refractivity contribution is 7.99. The number of rotatable bonds is 5. The fourth-order valence-corrected chi connectivity index (χ4v) is 2.86. The molecule has 0 aliphatic heterocycles. The quantitative estimate of drug-likeness (QED) is 0.756. The van der Waals surface area contributed by atoms with Crippen LogP contribution in [0.2, 0.25) is 0 Å². The van der Waals surface area contributed by atoms with Gasteiger partial charge in [-0.3, -0.25) is 10.1 Å². The molecule has 3 aromatic rings. The number of nitrogens with zero attached hydrogens (tertiary/aromatic N) is 2. The summed E-state index contributed by atoms with van der Waals surface area (Å²) < 4.78 is 0. The van der Waals surface area contributed by atoms with Gasteiger partial charge in [-0.15, -0.1) is 0 Å². The predicted molar refractivity (Wildman–Crippen MR) is 83.2 cm³/mol. The SMILES string of the molecule is O=C(O)c1cccc(Sc2cc(Cc3ccccn3)[nH]n2)c1. The highest BCUT2D eigenvalue weighted by atomic mass is 32.2. The van der Waals surface area contributed by atoms with Crippen molar-refractivity contribution < 1.29 is 9.90 Å². The minimum absolute atomic E-state index is 0.272. The molecule has 0 spiro atoms. The van der Waals surface area contributed by atoms with Crippen LogP contribution in [-0.4, -0.2) is 26.3 Å². The fourth-order valence-electron chi connectivity index (χ4n) is 1.99. The first kappa shape index (κ1) is 14.3. The summed E-state index contributed by atoms with van der Waals surface area (Å²) in [6.07, 6.45) is 2.45. The Kier molecular flexibility index (Phi) is 4.20. The molecular weight excluding hydrogens is 298 g/mol. The number of aromatic amines is 1. The van der Waals surface area contributed by atoms with E-state index in [2.05, 4.69) is 15.2 Å². The molecular formula is C16H13N3O2S. The van der Waals surface area contributed by atoms with Gasteiger partial charge in [-0.25, -0.2) is 4.79 Å². The molecule has 0 unspecified atom stereocenters. The highest BCUT2D eigenvalue weighted by Gasteiger charge is 2.07. The van der Waals surface area contributed by atoms with Crippen LogP contribution in [0, 0.1) is 0 Å². The van der Waals surface area contributed by atoms with Crippen molar-refractivity contribution in [2.24, 2.45) is 0 Å². The number of carboxylic acids is 1. The molecule has 0 saturated carbocycles. The summed E-state index contributed by atoms with van der Waals surface area (Å²) in [6, 6.07) is 14.6. The van der Waals surface area contributed by atoms with E-state index in [1.165, 1.54) is 11.8 Å². The predicted octanol–water partition coefficient (Wildman–Crippen LogP) is 3.24. The van der Waals surface area contributed by atoms with Gasteiger partial charge in [-0.1, -0.05) is 23.9 Å². The Bertz CT molecular complexity index is 787. The maximum atomic E-state index is 11.0. The van der Waals surface area contributed by atoms with Crippen LogP contribution in [0.25, 0.3) is 0 Å². The Hall–Kier alpha value is -2.60. The first-order chi connectivity index (χ1) is 10.7. The van der Waals surface area contributed by atoms with Crippen LogP contribution >= 0.6 is 11.8 Å². The maximum absolute atomic E-state index is 11.0. The van der Waals surface area contributed by atoms with E-state index < -0.39 is 5.97 Å². The zero-order valence-electron chi connectivity index (χ0n) is 11.6. The standard InChI is InChI=1S/C16H13N3O2S/c20-16(21)11-4-3-6-14(8-11)22-15-10-13(18-19-15)9-12-5-1-2-7-17-12/h1-8,10H,9H2,(H,18,19)(H,20,21). The van der Waals surface area contributed by atoms with Crippen molar-refractivity contribution in [2.75, 3.05) is 0 Å². The Morgan fingerprint density at radius 3 is 2.86 bits per heavy atom. The minimum atomic E-state index is -0.930. The summed E-state index contributed by atoms with van der Waals surface area (Å²) >= 11 is 1.42. The Morgan fingerprint density at radius 1 is 1.18 bits per heavy atom. The largest absolute Gasteiger partial charge is 0.478 e. The third kappa shape index (κ3) is 3.53. The molecule has 0 aliphatic carbocycles. The molecule has 0 atom stereocenters. The van der Waals surface area contributed by atoms with Gasteiger partial charge in [0.15, 0.2) is 0 Å². The van der Waals surface area contributed by atoms with Gasteiger partial charge < -0.3 is 5.11 Å². The van der Waals surface area contributed by atoms with Crippen molar-refractivity contribution >= 4 is 17.7 Å². The van der Waals surface area contributed by atoms with Crippen molar-refractivity contribution in [3.05, 3.63) is 71.7 Å². The van der Waals surface area contributed by atoms with E-state index >= 15 is 0 Å². The van der Waals surface area contributed by atoms with Crippen LogP contribution < -0.4 is 0 Å². The number of carboxylic acid groups (broad SMARTS) is 1. The normalized spacial score (nSPS) is 10.5. The number of hydrogen-bond acceptors (Lipinski definition) is 4. The van der Waals surface area contributed by atoms with E-state index in [4.69, 9.17) is 5.11 Å². The third-order valence-corrected chi connectivity index (χ3v) is 3.92. The topological polar surface area (TPSA) is 78.9 Å². The summed E-state index contributed by atoms with van der Waals surface area (Å²) in [7, 11) is 0. The Labute approximate surface area is 131 Å². The lowest BCUT2D eigenvalue weighted by atomic mass is 10.2. The average molecular weight is 311 g/mol. The van der Waals surface area contributed by atoms with Crippen LogP contribution in [0.3, 0.4) is 0 Å². The second-order valence-corrected chi connectivity index (χ2v) is 5.76. The maximum Gasteiger partial charge on any atom is 0.335 e. The van der Waals surface area contributed by atoms with Crippen molar-refractivity contribution in [1.82, 2.24) is 15.2 Å². The van der Waals surface area contributed by atoms with Gasteiger partial charge in [0.05, 0.1) is 5.56 Å². The monoisotopic (exact) mass is 311 g/mol. The molecule has 6 heteroatoms. The summed E-state index contributed by atoms with van der Waals surface area (Å²) in [5.74, 6) is -0.930. The van der Waals surface area contributed by atoms with E-state index in [1.54, 1.807) is 24.4 Å². The number of H-pyrrole nitrogens is 1. The van der Waals surface area contributed by atoms with E-state index in [9.17, 15) is 4.79 Å². The lowest BCUT2D eigenvalue weighted by molar-refractivity contribution is 0.0696. The number of nitrogens with one attached hydrogen (secondary N) is 1. The van der Waals surface area contributed by atoms with Crippen LogP contribution in [0.1, 0.15) is 21.7 Å². The Balaban J connectivity index is 1.72. The number of pyridine rings is 1. The van der Waals surface area contributed by atoms with Crippen LogP contribution in [0.4, 0.5) is 0 Å². The second kappa shape index (κ2) is 6.44. The fraction of sp³-hybridized carbons (Fsp3) is 0.0625. The van der Waals surface area contributed by atoms with Crippen molar-refractivity contribution in [2.45, 2.75) is 16.3 Å². The molecule has 2 heterocycles. The van der Waals surface area contributed by atoms with E-state index in [1.807, 2.05) is 30.3 Å². The van der Waals surface area contributed by atoms with Gasteiger partial charge in [0.25, 0.3) is 0 Å². The molecule has 0 bridgehead atoms. The van der Waals surface area contributed by atoms with E-state index in [0.717, 1.165) is 21.3 Å². The summed E-state index contributed by atoms with van der Waals surface area (Å²) in [5, 5.41) is 17.0. The van der Waals surface area contributed by atoms with Gasteiger partial charge in [0.1, 0.15) is 5.03 Å². The summed E-state index contributed by atoms with van der Waals surface area (Å²) in [6.45, 7) is 0. The first-order valence-electron chi connectivity index (χ1n) is 6.66. The highest BCUT2D eigenvalue weighted by Crippen LogP contribution is 2.27. The molecule has 0 saturated heterocycles. The molecule has 0 radical (unpaired) electrons. The first-order valence-corrected chi connectivity index (χ1v) is 7.48. The molecule has 1 aromatic carbocycles. The molecule has 2 aromatic heterocycles.